The molecule has 0 aliphatic rings. The molecule has 0 saturated carbocycles. The fourth-order valence-electron chi connectivity index (χ4n) is 2.70. The second-order valence-electron chi connectivity index (χ2n) is 6.34. The Bertz CT molecular complexity index is 767. The summed E-state index contributed by atoms with van der Waals surface area (Å²) in [4.78, 5) is 24.3. The first kappa shape index (κ1) is 18.7. The van der Waals surface area contributed by atoms with Crippen LogP contribution in [0.3, 0.4) is 0 Å². The average molecular weight is 339 g/mol. The highest BCUT2D eigenvalue weighted by molar-refractivity contribution is 5.96. The number of esters is 1. The standard InChI is InChI=1S/C21H25NO3/c1-5-15(3)17-8-6-7-9-19(17)22-20(23)13-25-21(24)18-11-10-14(2)12-16(18)4/h6-12,15H,5,13H2,1-4H3,(H,22,23)/t15-/m1/s1. The number of nitrogens with one attached hydrogen (secondary N) is 1. The second-order valence-corrected chi connectivity index (χ2v) is 6.34. The SMILES string of the molecule is CC[C@@H](C)c1ccccc1NC(=O)COC(=O)c1ccc(C)cc1C. The number of benzene rings is 2. The Morgan fingerprint density at radius 2 is 1.84 bits per heavy atom. The maximum Gasteiger partial charge on any atom is 0.338 e. The first-order valence-corrected chi connectivity index (χ1v) is 8.55. The Morgan fingerprint density at radius 1 is 1.12 bits per heavy atom. The van der Waals surface area contributed by atoms with Crippen LogP contribution in [-0.2, 0) is 9.53 Å². The third-order valence-corrected chi connectivity index (χ3v) is 4.31. The van der Waals surface area contributed by atoms with Gasteiger partial charge >= 0.3 is 5.97 Å². The first-order chi connectivity index (χ1) is 11.9. The molecule has 0 saturated heterocycles. The van der Waals surface area contributed by atoms with Crippen LogP contribution in [0.1, 0.15) is 53.2 Å². The van der Waals surface area contributed by atoms with Crippen molar-refractivity contribution in [3.63, 3.8) is 0 Å². The number of hydrogen-bond donors (Lipinski definition) is 1. The number of hydrogen-bond acceptors (Lipinski definition) is 3. The molecular weight excluding hydrogens is 314 g/mol. The molecule has 0 heterocycles. The molecule has 1 atom stereocenters. The largest absolute Gasteiger partial charge is 0.452 e. The Kier molecular flexibility index (Phi) is 6.34. The third-order valence-electron chi connectivity index (χ3n) is 4.31. The number of carbonyl (C=O) groups is 2. The molecule has 0 spiro atoms. The summed E-state index contributed by atoms with van der Waals surface area (Å²) in [5.41, 5.74) is 4.25. The number of rotatable bonds is 6. The van der Waals surface area contributed by atoms with Gasteiger partial charge in [0.15, 0.2) is 6.61 Å². The summed E-state index contributed by atoms with van der Waals surface area (Å²) in [6, 6.07) is 13.2. The van der Waals surface area contributed by atoms with Gasteiger partial charge in [-0.2, -0.15) is 0 Å². The zero-order valence-electron chi connectivity index (χ0n) is 15.3. The van der Waals surface area contributed by atoms with Crippen molar-refractivity contribution >= 4 is 17.6 Å². The molecule has 4 heteroatoms. The van der Waals surface area contributed by atoms with E-state index in [0.29, 0.717) is 11.5 Å². The first-order valence-electron chi connectivity index (χ1n) is 8.55. The third kappa shape index (κ3) is 4.92. The fourth-order valence-corrected chi connectivity index (χ4v) is 2.70. The molecule has 0 bridgehead atoms. The molecule has 2 rings (SSSR count). The Morgan fingerprint density at radius 3 is 2.52 bits per heavy atom. The van der Waals surface area contributed by atoms with E-state index in [9.17, 15) is 9.59 Å². The predicted molar refractivity (Wildman–Crippen MR) is 100.0 cm³/mol. The lowest BCUT2D eigenvalue weighted by molar-refractivity contribution is -0.119. The fraction of sp³-hybridized carbons (Fsp3) is 0.333. The topological polar surface area (TPSA) is 55.4 Å². The lowest BCUT2D eigenvalue weighted by Gasteiger charge is -2.15. The highest BCUT2D eigenvalue weighted by atomic mass is 16.5. The van der Waals surface area contributed by atoms with Crippen LogP contribution in [0.25, 0.3) is 0 Å². The van der Waals surface area contributed by atoms with Crippen molar-refractivity contribution in [2.75, 3.05) is 11.9 Å². The summed E-state index contributed by atoms with van der Waals surface area (Å²) in [7, 11) is 0. The van der Waals surface area contributed by atoms with E-state index < -0.39 is 5.97 Å². The van der Waals surface area contributed by atoms with Gasteiger partial charge in [0.05, 0.1) is 5.56 Å². The van der Waals surface area contributed by atoms with Crippen molar-refractivity contribution in [3.05, 3.63) is 64.7 Å². The van der Waals surface area contributed by atoms with Crippen LogP contribution in [0.4, 0.5) is 5.69 Å². The van der Waals surface area contributed by atoms with Crippen molar-refractivity contribution in [3.8, 4) is 0 Å². The van der Waals surface area contributed by atoms with Gasteiger partial charge in [-0.3, -0.25) is 4.79 Å². The Hall–Kier alpha value is -2.62. The van der Waals surface area contributed by atoms with Gasteiger partial charge in [-0.05, 0) is 49.4 Å². The van der Waals surface area contributed by atoms with E-state index in [2.05, 4.69) is 19.2 Å². The maximum absolute atomic E-state index is 12.2. The number of aryl methyl sites for hydroxylation is 2. The van der Waals surface area contributed by atoms with Gasteiger partial charge in [0, 0.05) is 5.69 Å². The highest BCUT2D eigenvalue weighted by Crippen LogP contribution is 2.26. The molecule has 0 radical (unpaired) electrons. The van der Waals surface area contributed by atoms with Gasteiger partial charge in [-0.1, -0.05) is 49.7 Å². The summed E-state index contributed by atoms with van der Waals surface area (Å²) in [6.07, 6.45) is 0.981. The van der Waals surface area contributed by atoms with Crippen molar-refractivity contribution in [2.24, 2.45) is 0 Å². The van der Waals surface area contributed by atoms with Crippen molar-refractivity contribution in [2.45, 2.75) is 40.0 Å². The van der Waals surface area contributed by atoms with Gasteiger partial charge in [0.1, 0.15) is 0 Å². The lowest BCUT2D eigenvalue weighted by Crippen LogP contribution is -2.22. The minimum atomic E-state index is -0.483. The molecule has 2 aromatic carbocycles. The minimum Gasteiger partial charge on any atom is -0.452 e. The van der Waals surface area contributed by atoms with Gasteiger partial charge < -0.3 is 10.1 Å². The Balaban J connectivity index is 1.98. The number of anilines is 1. The normalized spacial score (nSPS) is 11.7. The second kappa shape index (κ2) is 8.47. The summed E-state index contributed by atoms with van der Waals surface area (Å²) in [5, 5.41) is 2.84. The smallest absolute Gasteiger partial charge is 0.338 e. The summed E-state index contributed by atoms with van der Waals surface area (Å²) < 4.78 is 5.16. The van der Waals surface area contributed by atoms with E-state index in [1.165, 1.54) is 0 Å². The molecular formula is C21H25NO3. The number of ether oxygens (including phenoxy) is 1. The molecule has 0 aromatic heterocycles. The molecule has 0 unspecified atom stereocenters. The van der Waals surface area contributed by atoms with E-state index in [0.717, 1.165) is 28.8 Å². The minimum absolute atomic E-state index is 0.305. The summed E-state index contributed by atoms with van der Waals surface area (Å²) in [6.45, 7) is 7.73. The number of carbonyl (C=O) groups excluding carboxylic acids is 2. The van der Waals surface area contributed by atoms with Crippen LogP contribution in [0.5, 0.6) is 0 Å². The van der Waals surface area contributed by atoms with Gasteiger partial charge in [-0.25, -0.2) is 4.79 Å². The van der Waals surface area contributed by atoms with E-state index >= 15 is 0 Å². The average Bonchev–Trinajstić information content (AvgIpc) is 2.59. The van der Waals surface area contributed by atoms with Crippen LogP contribution in [-0.4, -0.2) is 18.5 Å². The van der Waals surface area contributed by atoms with E-state index in [-0.39, 0.29) is 12.5 Å². The van der Waals surface area contributed by atoms with Gasteiger partial charge in [0.2, 0.25) is 0 Å². The molecule has 4 nitrogen and oxygen atoms in total. The molecule has 2 aromatic rings. The van der Waals surface area contributed by atoms with E-state index in [1.807, 2.05) is 50.2 Å². The van der Waals surface area contributed by atoms with Crippen molar-refractivity contribution in [1.29, 1.82) is 0 Å². The predicted octanol–water partition coefficient (Wildman–Crippen LogP) is 4.61. The number of amides is 1. The van der Waals surface area contributed by atoms with E-state index in [1.54, 1.807) is 6.07 Å². The van der Waals surface area contributed by atoms with Crippen LogP contribution in [0.15, 0.2) is 42.5 Å². The molecule has 0 aliphatic carbocycles. The monoisotopic (exact) mass is 339 g/mol. The molecule has 132 valence electrons. The highest BCUT2D eigenvalue weighted by Gasteiger charge is 2.14. The van der Waals surface area contributed by atoms with Crippen LogP contribution < -0.4 is 5.32 Å². The van der Waals surface area contributed by atoms with E-state index in [4.69, 9.17) is 4.74 Å². The van der Waals surface area contributed by atoms with Crippen molar-refractivity contribution < 1.29 is 14.3 Å². The quantitative estimate of drug-likeness (QED) is 0.782. The van der Waals surface area contributed by atoms with Crippen molar-refractivity contribution in [1.82, 2.24) is 0 Å². The van der Waals surface area contributed by atoms with Crippen LogP contribution >= 0.6 is 0 Å². The van der Waals surface area contributed by atoms with Crippen LogP contribution in [0.2, 0.25) is 0 Å². The summed E-state index contributed by atoms with van der Waals surface area (Å²) >= 11 is 0. The van der Waals surface area contributed by atoms with Gasteiger partial charge in [-0.15, -0.1) is 0 Å². The zero-order chi connectivity index (χ0) is 18.4. The molecule has 1 N–H and O–H groups in total. The molecule has 1 amide bonds. The number of para-hydroxylation sites is 1. The van der Waals surface area contributed by atoms with Crippen LogP contribution in [0, 0.1) is 13.8 Å². The Labute approximate surface area is 149 Å². The molecule has 25 heavy (non-hydrogen) atoms. The molecule has 0 aliphatic heterocycles. The molecule has 0 fully saturated rings. The maximum atomic E-state index is 12.2. The zero-order valence-corrected chi connectivity index (χ0v) is 15.3. The summed E-state index contributed by atoms with van der Waals surface area (Å²) in [5.74, 6) is -0.481. The van der Waals surface area contributed by atoms with Gasteiger partial charge in [0.25, 0.3) is 5.91 Å². The lowest BCUT2D eigenvalue weighted by atomic mass is 9.97.